The van der Waals surface area contributed by atoms with Gasteiger partial charge in [-0.15, -0.1) is 10.2 Å². The number of hydrogen-bond donors (Lipinski definition) is 0. The Morgan fingerprint density at radius 2 is 1.73 bits per heavy atom. The molecule has 0 spiro atoms. The van der Waals surface area contributed by atoms with Crippen molar-refractivity contribution in [1.82, 2.24) is 24.1 Å². The van der Waals surface area contributed by atoms with Crippen molar-refractivity contribution in [2.24, 2.45) is 5.92 Å². The maximum absolute atomic E-state index is 13.2. The van der Waals surface area contributed by atoms with Gasteiger partial charge in [0, 0.05) is 51.3 Å². The number of piperazine rings is 1. The summed E-state index contributed by atoms with van der Waals surface area (Å²) in [4.78, 5) is 30.5. The average Bonchev–Trinajstić information content (AvgIpc) is 3.35. The minimum absolute atomic E-state index is 0.0477. The molecule has 0 radical (unpaired) electrons. The van der Waals surface area contributed by atoms with Crippen LogP contribution in [-0.2, 0) is 17.8 Å². The van der Waals surface area contributed by atoms with Gasteiger partial charge in [-0.25, -0.2) is 0 Å². The van der Waals surface area contributed by atoms with Gasteiger partial charge < -0.3 is 14.5 Å². The minimum atomic E-state index is -0.0477. The first-order chi connectivity index (χ1) is 18.0. The molecule has 194 valence electrons. The molecule has 2 aromatic carbocycles. The Morgan fingerprint density at radius 1 is 1.00 bits per heavy atom. The van der Waals surface area contributed by atoms with Crippen LogP contribution in [0.5, 0.6) is 5.75 Å². The Balaban J connectivity index is 1.30. The Hall–Kier alpha value is -3.88. The summed E-state index contributed by atoms with van der Waals surface area (Å²) in [6, 6.07) is 15.6. The fourth-order valence-electron chi connectivity index (χ4n) is 4.95. The average molecular weight is 503 g/mol. The molecule has 0 unspecified atom stereocenters. The van der Waals surface area contributed by atoms with Crippen molar-refractivity contribution in [2.75, 3.05) is 38.2 Å². The van der Waals surface area contributed by atoms with Crippen molar-refractivity contribution < 1.29 is 9.53 Å². The number of amides is 1. The molecule has 1 saturated heterocycles. The van der Waals surface area contributed by atoms with Gasteiger partial charge in [0.25, 0.3) is 5.56 Å². The molecule has 37 heavy (non-hydrogen) atoms. The van der Waals surface area contributed by atoms with Gasteiger partial charge in [-0.1, -0.05) is 26.0 Å². The summed E-state index contributed by atoms with van der Waals surface area (Å²) >= 11 is 0. The zero-order valence-corrected chi connectivity index (χ0v) is 21.8. The largest absolute Gasteiger partial charge is 0.497 e. The van der Waals surface area contributed by atoms with Crippen molar-refractivity contribution in [2.45, 2.75) is 39.7 Å². The molecule has 0 N–H and O–H groups in total. The molecule has 1 aliphatic rings. The van der Waals surface area contributed by atoms with Crippen molar-refractivity contribution >= 4 is 28.3 Å². The fraction of sp³-hybridized carbons (Fsp3) is 0.429. The van der Waals surface area contributed by atoms with Crippen LogP contribution >= 0.6 is 0 Å². The number of aromatic nitrogens is 4. The second-order valence-corrected chi connectivity index (χ2v) is 9.97. The van der Waals surface area contributed by atoms with Crippen LogP contribution in [0.15, 0.2) is 53.3 Å². The maximum Gasteiger partial charge on any atom is 0.262 e. The number of carbonyl (C=O) groups is 1. The Bertz CT molecular complexity index is 1450. The maximum atomic E-state index is 13.2. The van der Waals surface area contributed by atoms with Gasteiger partial charge in [-0.2, -0.15) is 0 Å². The van der Waals surface area contributed by atoms with E-state index in [2.05, 4.69) is 41.1 Å². The number of methoxy groups -OCH3 is 1. The van der Waals surface area contributed by atoms with E-state index < -0.39 is 0 Å². The standard InChI is InChI=1S/C28H34N6O3/c1-20(2)14-15-33-27(36)23-6-4-5-7-24(23)34-25(29-30-28(33)34)12-13-26(35)32-18-16-31(17-19-32)21-8-10-22(37-3)11-9-21/h4-11,20H,12-19H2,1-3H3. The number of hydrogen-bond acceptors (Lipinski definition) is 6. The molecule has 1 aliphatic heterocycles. The summed E-state index contributed by atoms with van der Waals surface area (Å²) in [5.41, 5.74) is 1.87. The predicted molar refractivity (Wildman–Crippen MR) is 144 cm³/mol. The van der Waals surface area contributed by atoms with Crippen LogP contribution < -0.4 is 15.2 Å². The van der Waals surface area contributed by atoms with Gasteiger partial charge in [0.15, 0.2) is 0 Å². The molecule has 1 fully saturated rings. The second-order valence-electron chi connectivity index (χ2n) is 9.97. The summed E-state index contributed by atoms with van der Waals surface area (Å²) in [7, 11) is 1.66. The van der Waals surface area contributed by atoms with Crippen LogP contribution in [0, 0.1) is 5.92 Å². The number of ether oxygens (including phenoxy) is 1. The third-order valence-electron chi connectivity index (χ3n) is 7.14. The molecule has 4 aromatic rings. The van der Waals surface area contributed by atoms with E-state index >= 15 is 0 Å². The van der Waals surface area contributed by atoms with E-state index in [0.717, 1.165) is 36.5 Å². The van der Waals surface area contributed by atoms with Gasteiger partial charge in [0.05, 0.1) is 18.0 Å². The van der Waals surface area contributed by atoms with E-state index in [1.807, 2.05) is 45.7 Å². The molecule has 9 heteroatoms. The first-order valence-corrected chi connectivity index (χ1v) is 13.0. The van der Waals surface area contributed by atoms with E-state index in [0.29, 0.717) is 55.4 Å². The predicted octanol–water partition coefficient (Wildman–Crippen LogP) is 3.38. The molecule has 0 aliphatic carbocycles. The summed E-state index contributed by atoms with van der Waals surface area (Å²) < 4.78 is 8.92. The Morgan fingerprint density at radius 3 is 2.43 bits per heavy atom. The normalized spacial score (nSPS) is 14.2. The van der Waals surface area contributed by atoms with Crippen LogP contribution in [-0.4, -0.2) is 63.3 Å². The molecular weight excluding hydrogens is 468 g/mol. The number of fused-ring (bicyclic) bond motifs is 3. The number of carbonyl (C=O) groups excluding carboxylic acids is 1. The van der Waals surface area contributed by atoms with Crippen LogP contribution in [0.2, 0.25) is 0 Å². The lowest BCUT2D eigenvalue weighted by Gasteiger charge is -2.36. The number of benzene rings is 2. The molecule has 9 nitrogen and oxygen atoms in total. The highest BCUT2D eigenvalue weighted by Crippen LogP contribution is 2.21. The van der Waals surface area contributed by atoms with E-state index in [4.69, 9.17) is 4.74 Å². The van der Waals surface area contributed by atoms with Crippen LogP contribution in [0.25, 0.3) is 16.7 Å². The van der Waals surface area contributed by atoms with Gasteiger partial charge in [-0.05, 0) is 48.7 Å². The first kappa shape index (κ1) is 24.8. The Kier molecular flexibility index (Phi) is 7.12. The zero-order valence-electron chi connectivity index (χ0n) is 21.8. The summed E-state index contributed by atoms with van der Waals surface area (Å²) in [5.74, 6) is 2.66. The third-order valence-corrected chi connectivity index (χ3v) is 7.14. The number of para-hydroxylation sites is 1. The lowest BCUT2D eigenvalue weighted by atomic mass is 10.1. The topological polar surface area (TPSA) is 85.0 Å². The van der Waals surface area contributed by atoms with Crippen LogP contribution in [0.4, 0.5) is 5.69 Å². The molecule has 1 amide bonds. The van der Waals surface area contributed by atoms with Crippen LogP contribution in [0.1, 0.15) is 32.5 Å². The van der Waals surface area contributed by atoms with E-state index in [1.54, 1.807) is 11.7 Å². The van der Waals surface area contributed by atoms with Crippen LogP contribution in [0.3, 0.4) is 0 Å². The number of anilines is 1. The number of nitrogens with zero attached hydrogens (tertiary/aromatic N) is 6. The van der Waals surface area contributed by atoms with Crippen molar-refractivity contribution in [3.8, 4) is 5.75 Å². The summed E-state index contributed by atoms with van der Waals surface area (Å²) in [6.07, 6.45) is 1.69. The highest BCUT2D eigenvalue weighted by atomic mass is 16.5. The van der Waals surface area contributed by atoms with Gasteiger partial charge >= 0.3 is 0 Å². The number of aryl methyl sites for hydroxylation is 2. The fourth-order valence-corrected chi connectivity index (χ4v) is 4.95. The molecular formula is C28H34N6O3. The summed E-state index contributed by atoms with van der Waals surface area (Å²) in [5, 5.41) is 9.45. The quantitative estimate of drug-likeness (QED) is 0.367. The second kappa shape index (κ2) is 10.6. The smallest absolute Gasteiger partial charge is 0.262 e. The summed E-state index contributed by atoms with van der Waals surface area (Å²) in [6.45, 7) is 7.81. The molecule has 0 saturated carbocycles. The van der Waals surface area contributed by atoms with Gasteiger partial charge in [0.2, 0.25) is 11.7 Å². The van der Waals surface area contributed by atoms with Crippen molar-refractivity contribution in [1.29, 1.82) is 0 Å². The molecule has 0 bridgehead atoms. The zero-order chi connectivity index (χ0) is 25.9. The Labute approximate surface area is 216 Å². The van der Waals surface area contributed by atoms with E-state index in [9.17, 15) is 9.59 Å². The van der Waals surface area contributed by atoms with Crippen molar-refractivity contribution in [3.05, 3.63) is 64.7 Å². The molecule has 5 rings (SSSR count). The van der Waals surface area contributed by atoms with E-state index in [-0.39, 0.29) is 11.5 Å². The number of rotatable bonds is 8. The highest BCUT2D eigenvalue weighted by molar-refractivity contribution is 5.80. The third kappa shape index (κ3) is 5.03. The minimum Gasteiger partial charge on any atom is -0.497 e. The molecule has 2 aromatic heterocycles. The molecule has 0 atom stereocenters. The van der Waals surface area contributed by atoms with Gasteiger partial charge in [-0.3, -0.25) is 18.6 Å². The first-order valence-electron chi connectivity index (χ1n) is 13.0. The lowest BCUT2D eigenvalue weighted by molar-refractivity contribution is -0.131. The SMILES string of the molecule is COc1ccc(N2CCN(C(=O)CCc3nnc4n(CCC(C)C)c(=O)c5ccccc5n34)CC2)cc1. The van der Waals surface area contributed by atoms with Gasteiger partial charge in [0.1, 0.15) is 11.6 Å². The monoisotopic (exact) mass is 502 g/mol. The van der Waals surface area contributed by atoms with Crippen molar-refractivity contribution in [3.63, 3.8) is 0 Å². The molecule has 3 heterocycles. The highest BCUT2D eigenvalue weighted by Gasteiger charge is 2.23. The lowest BCUT2D eigenvalue weighted by Crippen LogP contribution is -2.48. The van der Waals surface area contributed by atoms with E-state index in [1.165, 1.54) is 0 Å².